The number of aromatic nitrogens is 4. The molecule has 1 amide bonds. The van der Waals surface area contributed by atoms with E-state index in [0.717, 1.165) is 11.3 Å². The van der Waals surface area contributed by atoms with Crippen molar-refractivity contribution in [3.8, 4) is 16.3 Å². The van der Waals surface area contributed by atoms with E-state index in [0.29, 0.717) is 16.3 Å². The molecule has 4 aromatic rings. The van der Waals surface area contributed by atoms with E-state index in [9.17, 15) is 9.18 Å². The van der Waals surface area contributed by atoms with Gasteiger partial charge < -0.3 is 5.32 Å². The van der Waals surface area contributed by atoms with Crippen molar-refractivity contribution in [3.63, 3.8) is 0 Å². The van der Waals surface area contributed by atoms with Crippen molar-refractivity contribution in [3.05, 3.63) is 83.6 Å². The Morgan fingerprint density at radius 2 is 2.07 bits per heavy atom. The van der Waals surface area contributed by atoms with Crippen molar-refractivity contribution in [2.75, 3.05) is 0 Å². The molecule has 29 heavy (non-hydrogen) atoms. The van der Waals surface area contributed by atoms with Crippen LogP contribution in [0.5, 0.6) is 0 Å². The SMILES string of the molecule is CC(NC(=O)Cc1csc(-c2cccc(F)c2)n1)c1ccc(-n2cncn2)cc1. The summed E-state index contributed by atoms with van der Waals surface area (Å²) >= 11 is 1.40. The molecule has 2 heterocycles. The second-order valence-electron chi connectivity index (χ2n) is 6.55. The van der Waals surface area contributed by atoms with E-state index in [2.05, 4.69) is 20.4 Å². The van der Waals surface area contributed by atoms with Crippen LogP contribution >= 0.6 is 11.3 Å². The largest absolute Gasteiger partial charge is 0.349 e. The summed E-state index contributed by atoms with van der Waals surface area (Å²) < 4.78 is 15.1. The number of amides is 1. The number of carbonyl (C=O) groups is 1. The number of carbonyl (C=O) groups excluding carboxylic acids is 1. The van der Waals surface area contributed by atoms with Crippen LogP contribution in [-0.4, -0.2) is 25.7 Å². The van der Waals surface area contributed by atoms with Crippen LogP contribution in [0.3, 0.4) is 0 Å². The lowest BCUT2D eigenvalue weighted by Crippen LogP contribution is -2.28. The Morgan fingerprint density at radius 3 is 2.79 bits per heavy atom. The average Bonchev–Trinajstić information content (AvgIpc) is 3.40. The standard InChI is InChI=1S/C21H18FN5OS/c1-14(15-5-7-19(8-6-15)27-13-23-12-24-27)25-20(28)10-18-11-29-21(26-18)16-3-2-4-17(22)9-16/h2-9,11-14H,10H2,1H3,(H,25,28). The lowest BCUT2D eigenvalue weighted by Gasteiger charge is -2.14. The Labute approximate surface area is 171 Å². The number of hydrogen-bond donors (Lipinski definition) is 1. The Balaban J connectivity index is 1.37. The minimum atomic E-state index is -0.305. The second-order valence-corrected chi connectivity index (χ2v) is 7.41. The van der Waals surface area contributed by atoms with E-state index >= 15 is 0 Å². The smallest absolute Gasteiger partial charge is 0.226 e. The van der Waals surface area contributed by atoms with Crippen LogP contribution in [0.15, 0.2) is 66.6 Å². The molecule has 146 valence electrons. The fourth-order valence-corrected chi connectivity index (χ4v) is 3.76. The van der Waals surface area contributed by atoms with E-state index in [4.69, 9.17) is 0 Å². The van der Waals surface area contributed by atoms with Gasteiger partial charge in [-0.05, 0) is 36.8 Å². The maximum absolute atomic E-state index is 13.4. The van der Waals surface area contributed by atoms with Gasteiger partial charge in [-0.2, -0.15) is 5.10 Å². The highest BCUT2D eigenvalue weighted by atomic mass is 32.1. The number of thiazole rings is 1. The van der Waals surface area contributed by atoms with Gasteiger partial charge in [0.25, 0.3) is 0 Å². The summed E-state index contributed by atoms with van der Waals surface area (Å²) in [5.74, 6) is -0.422. The summed E-state index contributed by atoms with van der Waals surface area (Å²) in [5.41, 5.74) is 3.26. The molecule has 1 unspecified atom stereocenters. The molecule has 1 atom stereocenters. The molecule has 6 nitrogen and oxygen atoms in total. The topological polar surface area (TPSA) is 72.7 Å². The van der Waals surface area contributed by atoms with Gasteiger partial charge >= 0.3 is 0 Å². The zero-order valence-electron chi connectivity index (χ0n) is 15.6. The van der Waals surface area contributed by atoms with Gasteiger partial charge in [-0.15, -0.1) is 11.3 Å². The first kappa shape index (κ1) is 18.9. The third kappa shape index (κ3) is 4.55. The molecule has 0 aliphatic heterocycles. The molecule has 0 saturated carbocycles. The van der Waals surface area contributed by atoms with Crippen LogP contribution in [0.4, 0.5) is 4.39 Å². The van der Waals surface area contributed by atoms with Crippen molar-refractivity contribution in [2.24, 2.45) is 0 Å². The van der Waals surface area contributed by atoms with Crippen LogP contribution in [-0.2, 0) is 11.2 Å². The monoisotopic (exact) mass is 407 g/mol. The van der Waals surface area contributed by atoms with Crippen LogP contribution in [0.25, 0.3) is 16.3 Å². The maximum atomic E-state index is 13.4. The lowest BCUT2D eigenvalue weighted by atomic mass is 10.1. The van der Waals surface area contributed by atoms with Crippen LogP contribution in [0.1, 0.15) is 24.2 Å². The number of nitrogens with zero attached hydrogens (tertiary/aromatic N) is 4. The van der Waals surface area contributed by atoms with Gasteiger partial charge in [-0.1, -0.05) is 24.3 Å². The maximum Gasteiger partial charge on any atom is 0.226 e. The molecule has 0 aliphatic rings. The number of benzene rings is 2. The fourth-order valence-electron chi connectivity index (χ4n) is 2.94. The summed E-state index contributed by atoms with van der Waals surface area (Å²) in [6, 6.07) is 13.9. The first-order valence-electron chi connectivity index (χ1n) is 9.03. The minimum absolute atomic E-state index is 0.117. The molecular formula is C21H18FN5OS. The summed E-state index contributed by atoms with van der Waals surface area (Å²) in [7, 11) is 0. The second kappa shape index (κ2) is 8.32. The van der Waals surface area contributed by atoms with Gasteiger partial charge in [0, 0.05) is 10.9 Å². The molecule has 0 spiro atoms. The number of halogens is 1. The van der Waals surface area contributed by atoms with Crippen molar-refractivity contribution >= 4 is 17.2 Å². The Hall–Kier alpha value is -3.39. The molecule has 0 saturated heterocycles. The molecule has 1 N–H and O–H groups in total. The van der Waals surface area contributed by atoms with Crippen LogP contribution < -0.4 is 5.32 Å². The van der Waals surface area contributed by atoms with Gasteiger partial charge in [0.2, 0.25) is 5.91 Å². The molecule has 8 heteroatoms. The predicted octanol–water partition coefficient (Wildman–Crippen LogP) is 3.95. The molecule has 0 radical (unpaired) electrons. The lowest BCUT2D eigenvalue weighted by molar-refractivity contribution is -0.121. The molecule has 2 aromatic heterocycles. The predicted molar refractivity (Wildman–Crippen MR) is 109 cm³/mol. The molecule has 0 aliphatic carbocycles. The molecule has 0 bridgehead atoms. The van der Waals surface area contributed by atoms with E-state index < -0.39 is 0 Å². The zero-order valence-corrected chi connectivity index (χ0v) is 16.4. The molecule has 2 aromatic carbocycles. The average molecular weight is 407 g/mol. The third-order valence-corrected chi connectivity index (χ3v) is 5.36. The summed E-state index contributed by atoms with van der Waals surface area (Å²) in [4.78, 5) is 20.8. The van der Waals surface area contributed by atoms with E-state index in [1.807, 2.05) is 36.6 Å². The van der Waals surface area contributed by atoms with E-state index in [-0.39, 0.29) is 24.2 Å². The Morgan fingerprint density at radius 1 is 1.24 bits per heavy atom. The molecule has 0 fully saturated rings. The van der Waals surface area contributed by atoms with E-state index in [1.54, 1.807) is 23.1 Å². The first-order valence-corrected chi connectivity index (χ1v) is 9.91. The summed E-state index contributed by atoms with van der Waals surface area (Å²) in [5, 5.41) is 9.61. The molecular weight excluding hydrogens is 389 g/mol. The van der Waals surface area contributed by atoms with Gasteiger partial charge in [0.1, 0.15) is 23.5 Å². The minimum Gasteiger partial charge on any atom is -0.349 e. The quantitative estimate of drug-likeness (QED) is 0.525. The number of hydrogen-bond acceptors (Lipinski definition) is 5. The van der Waals surface area contributed by atoms with Crippen molar-refractivity contribution in [1.82, 2.24) is 25.1 Å². The highest BCUT2D eigenvalue weighted by molar-refractivity contribution is 7.13. The van der Waals surface area contributed by atoms with Crippen LogP contribution in [0.2, 0.25) is 0 Å². The van der Waals surface area contributed by atoms with E-state index in [1.165, 1.54) is 29.8 Å². The van der Waals surface area contributed by atoms with Gasteiger partial charge in [0.15, 0.2) is 0 Å². The third-order valence-electron chi connectivity index (χ3n) is 4.42. The Kier molecular flexibility index (Phi) is 5.44. The zero-order chi connectivity index (χ0) is 20.2. The van der Waals surface area contributed by atoms with Gasteiger partial charge in [-0.25, -0.2) is 19.0 Å². The molecule has 4 rings (SSSR count). The number of rotatable bonds is 6. The summed E-state index contributed by atoms with van der Waals surface area (Å²) in [6.45, 7) is 1.93. The number of nitrogens with one attached hydrogen (secondary N) is 1. The normalized spacial score (nSPS) is 11.9. The Bertz CT molecular complexity index is 1110. The van der Waals surface area contributed by atoms with Crippen molar-refractivity contribution in [2.45, 2.75) is 19.4 Å². The fraction of sp³-hybridized carbons (Fsp3) is 0.143. The van der Waals surface area contributed by atoms with Crippen LogP contribution in [0, 0.1) is 5.82 Å². The van der Waals surface area contributed by atoms with Crippen molar-refractivity contribution in [1.29, 1.82) is 0 Å². The summed E-state index contributed by atoms with van der Waals surface area (Å²) in [6.07, 6.45) is 3.29. The van der Waals surface area contributed by atoms with Gasteiger partial charge in [-0.3, -0.25) is 4.79 Å². The first-order chi connectivity index (χ1) is 14.1. The van der Waals surface area contributed by atoms with Crippen molar-refractivity contribution < 1.29 is 9.18 Å². The highest BCUT2D eigenvalue weighted by Crippen LogP contribution is 2.24. The van der Waals surface area contributed by atoms with Gasteiger partial charge in [0.05, 0.1) is 23.8 Å². The highest BCUT2D eigenvalue weighted by Gasteiger charge is 2.13.